The molecule has 2 heterocycles. The zero-order chi connectivity index (χ0) is 24.1. The zero-order valence-corrected chi connectivity index (χ0v) is 19.9. The van der Waals surface area contributed by atoms with Gasteiger partial charge in [-0.2, -0.15) is 0 Å². The summed E-state index contributed by atoms with van der Waals surface area (Å²) in [6.45, 7) is 3.11. The number of carbonyl (C=O) groups excluding carboxylic acids is 1. The van der Waals surface area contributed by atoms with E-state index in [4.69, 9.17) is 21.1 Å². The van der Waals surface area contributed by atoms with Crippen LogP contribution in [0.2, 0.25) is 5.02 Å². The molecule has 3 aromatic rings. The predicted molar refractivity (Wildman–Crippen MR) is 130 cm³/mol. The molecule has 0 saturated carbocycles. The Labute approximate surface area is 202 Å². The molecular weight excluding hydrogens is 459 g/mol. The normalized spacial score (nSPS) is 13.4. The van der Waals surface area contributed by atoms with E-state index in [2.05, 4.69) is 20.1 Å². The Hall–Kier alpha value is -3.39. The van der Waals surface area contributed by atoms with Crippen molar-refractivity contribution in [3.8, 4) is 22.9 Å². The number of rotatable bonds is 7. The summed E-state index contributed by atoms with van der Waals surface area (Å²) >= 11 is 6.26. The van der Waals surface area contributed by atoms with Gasteiger partial charge in [-0.1, -0.05) is 18.0 Å². The van der Waals surface area contributed by atoms with Crippen LogP contribution >= 0.6 is 11.6 Å². The highest BCUT2D eigenvalue weighted by molar-refractivity contribution is 6.32. The highest BCUT2D eigenvalue weighted by Crippen LogP contribution is 2.36. The summed E-state index contributed by atoms with van der Waals surface area (Å²) in [5.41, 5.74) is 1.41. The fourth-order valence-electron chi connectivity index (χ4n) is 3.95. The maximum absolute atomic E-state index is 14.5. The molecule has 34 heavy (non-hydrogen) atoms. The first-order chi connectivity index (χ1) is 16.5. The van der Waals surface area contributed by atoms with Crippen molar-refractivity contribution in [2.45, 2.75) is 39.2 Å². The van der Waals surface area contributed by atoms with E-state index >= 15 is 0 Å². The Bertz CT molecular complexity index is 1230. The van der Waals surface area contributed by atoms with E-state index in [0.29, 0.717) is 40.1 Å². The number of halogens is 2. The average molecular weight is 485 g/mol. The third-order valence-corrected chi connectivity index (χ3v) is 5.84. The number of hydrogen-bond acceptors (Lipinski definition) is 5. The molecule has 1 amide bonds. The number of nitrogens with zero attached hydrogens (tertiary/aromatic N) is 3. The van der Waals surface area contributed by atoms with Gasteiger partial charge in [0.1, 0.15) is 11.6 Å². The number of anilines is 1. The summed E-state index contributed by atoms with van der Waals surface area (Å²) in [5, 5.41) is 11.6. The van der Waals surface area contributed by atoms with Crippen LogP contribution in [-0.2, 0) is 17.8 Å². The van der Waals surface area contributed by atoms with Crippen LogP contribution < -0.4 is 14.8 Å². The topological polar surface area (TPSA) is 78.3 Å². The monoisotopic (exact) mass is 484 g/mol. The minimum Gasteiger partial charge on any atom is -0.491 e. The Morgan fingerprint density at radius 2 is 2.09 bits per heavy atom. The summed E-state index contributed by atoms with van der Waals surface area (Å²) < 4.78 is 27.4. The average Bonchev–Trinajstić information content (AvgIpc) is 3.07. The smallest absolute Gasteiger partial charge is 0.248 e. The van der Waals surface area contributed by atoms with Crippen molar-refractivity contribution >= 4 is 29.3 Å². The van der Waals surface area contributed by atoms with Crippen LogP contribution in [0.1, 0.15) is 37.6 Å². The molecule has 7 nitrogen and oxygen atoms in total. The Morgan fingerprint density at radius 3 is 2.88 bits per heavy atom. The van der Waals surface area contributed by atoms with Crippen molar-refractivity contribution < 1.29 is 18.7 Å². The number of aryl methyl sites for hydroxylation is 1. The minimum absolute atomic E-state index is 0.0703. The number of nitrogens with one attached hydrogen (secondary N) is 1. The van der Waals surface area contributed by atoms with Gasteiger partial charge in [-0.15, -0.1) is 10.2 Å². The molecule has 4 rings (SSSR count). The van der Waals surface area contributed by atoms with Gasteiger partial charge in [0.25, 0.3) is 0 Å². The van der Waals surface area contributed by atoms with Crippen molar-refractivity contribution in [1.82, 2.24) is 14.8 Å². The number of aromatic nitrogens is 3. The Kier molecular flexibility index (Phi) is 7.47. The Balaban J connectivity index is 1.53. The maximum atomic E-state index is 14.5. The minimum atomic E-state index is -0.535. The van der Waals surface area contributed by atoms with Crippen molar-refractivity contribution in [1.29, 1.82) is 0 Å². The molecule has 1 aromatic heterocycles. The number of methoxy groups -OCH3 is 1. The Morgan fingerprint density at radius 1 is 1.24 bits per heavy atom. The molecule has 0 spiro atoms. The van der Waals surface area contributed by atoms with Crippen molar-refractivity contribution in [2.24, 2.45) is 0 Å². The van der Waals surface area contributed by atoms with E-state index in [9.17, 15) is 9.18 Å². The zero-order valence-electron chi connectivity index (χ0n) is 19.1. The third-order valence-electron chi connectivity index (χ3n) is 5.55. The lowest BCUT2D eigenvalue weighted by Crippen LogP contribution is -2.10. The predicted octanol–water partition coefficient (Wildman–Crippen LogP) is 5.52. The molecule has 9 heteroatoms. The molecular formula is C25H26ClFN4O3. The second kappa shape index (κ2) is 10.7. The first kappa shape index (κ1) is 23.8. The van der Waals surface area contributed by atoms with Crippen LogP contribution in [0, 0.1) is 5.82 Å². The van der Waals surface area contributed by atoms with Gasteiger partial charge in [-0.05, 0) is 61.7 Å². The first-order valence-electron chi connectivity index (χ1n) is 11.2. The number of benzene rings is 2. The van der Waals surface area contributed by atoms with Crippen molar-refractivity contribution in [3.63, 3.8) is 0 Å². The lowest BCUT2D eigenvalue weighted by Gasteiger charge is -2.12. The summed E-state index contributed by atoms with van der Waals surface area (Å²) in [5.74, 6) is 1.50. The quantitative estimate of drug-likeness (QED) is 0.446. The van der Waals surface area contributed by atoms with Crippen LogP contribution in [0.5, 0.6) is 11.5 Å². The fraction of sp³-hybridized carbons (Fsp3) is 0.320. The van der Waals surface area contributed by atoms with Crippen LogP contribution in [0.3, 0.4) is 0 Å². The molecule has 1 N–H and O–H groups in total. The van der Waals surface area contributed by atoms with E-state index in [-0.39, 0.29) is 5.69 Å². The van der Waals surface area contributed by atoms with Gasteiger partial charge >= 0.3 is 0 Å². The lowest BCUT2D eigenvalue weighted by molar-refractivity contribution is -0.111. The van der Waals surface area contributed by atoms with E-state index in [1.54, 1.807) is 30.3 Å². The molecule has 0 bridgehead atoms. The molecule has 178 valence electrons. The van der Waals surface area contributed by atoms with Crippen molar-refractivity contribution in [2.75, 3.05) is 19.0 Å². The highest BCUT2D eigenvalue weighted by Gasteiger charge is 2.17. The standard InChI is InChI=1S/C25H26ClFN4O3/c1-3-34-21-14-16(13-18(26)24(21)33-2)8-11-23(32)28-20-15-17(9-10-19(20)27)25-30-29-22-7-5-4-6-12-31(22)25/h8-11,13-15H,3-7,12H2,1-2H3,(H,28,32)/b11-8+. The second-order valence-corrected chi connectivity index (χ2v) is 8.29. The summed E-state index contributed by atoms with van der Waals surface area (Å²) in [6, 6.07) is 7.93. The number of amides is 1. The number of hydrogen-bond donors (Lipinski definition) is 1. The van der Waals surface area contributed by atoms with Crippen LogP contribution in [0.15, 0.2) is 36.4 Å². The molecule has 1 aliphatic rings. The van der Waals surface area contributed by atoms with Gasteiger partial charge in [0.15, 0.2) is 17.3 Å². The van der Waals surface area contributed by atoms with E-state index in [1.165, 1.54) is 19.3 Å². The van der Waals surface area contributed by atoms with Gasteiger partial charge in [-0.25, -0.2) is 4.39 Å². The van der Waals surface area contributed by atoms with E-state index in [0.717, 1.165) is 38.1 Å². The maximum Gasteiger partial charge on any atom is 0.248 e. The molecule has 0 unspecified atom stereocenters. The fourth-order valence-corrected chi connectivity index (χ4v) is 4.25. The largest absolute Gasteiger partial charge is 0.491 e. The summed E-state index contributed by atoms with van der Waals surface area (Å²) in [4.78, 5) is 12.5. The van der Waals surface area contributed by atoms with Crippen molar-refractivity contribution in [3.05, 3.63) is 58.6 Å². The third kappa shape index (κ3) is 5.22. The molecule has 0 aliphatic carbocycles. The van der Waals surface area contributed by atoms with E-state index in [1.807, 2.05) is 6.92 Å². The number of ether oxygens (including phenoxy) is 2. The van der Waals surface area contributed by atoms with Gasteiger partial charge in [0, 0.05) is 24.6 Å². The van der Waals surface area contributed by atoms with Gasteiger partial charge in [0.05, 0.1) is 24.4 Å². The molecule has 0 fully saturated rings. The molecule has 0 atom stereocenters. The molecule has 0 saturated heterocycles. The van der Waals surface area contributed by atoms with Crippen LogP contribution in [0.25, 0.3) is 17.5 Å². The highest BCUT2D eigenvalue weighted by atomic mass is 35.5. The molecule has 1 aliphatic heterocycles. The molecule has 0 radical (unpaired) electrons. The SMILES string of the molecule is CCOc1cc(/C=C/C(=O)Nc2cc(-c3nnc4n3CCCCC4)ccc2F)cc(Cl)c1OC. The molecule has 2 aromatic carbocycles. The van der Waals surface area contributed by atoms with E-state index < -0.39 is 11.7 Å². The number of fused-ring (bicyclic) bond motifs is 1. The summed E-state index contributed by atoms with van der Waals surface area (Å²) in [6.07, 6.45) is 7.04. The summed E-state index contributed by atoms with van der Waals surface area (Å²) in [7, 11) is 1.51. The van der Waals surface area contributed by atoms with Crippen LogP contribution in [-0.4, -0.2) is 34.4 Å². The number of carbonyl (C=O) groups is 1. The van der Waals surface area contributed by atoms with Crippen LogP contribution in [0.4, 0.5) is 10.1 Å². The first-order valence-corrected chi connectivity index (χ1v) is 11.6. The second-order valence-electron chi connectivity index (χ2n) is 7.89. The van der Waals surface area contributed by atoms with Gasteiger partial charge in [-0.3, -0.25) is 4.79 Å². The van der Waals surface area contributed by atoms with Gasteiger partial charge < -0.3 is 19.4 Å². The van der Waals surface area contributed by atoms with Gasteiger partial charge in [0.2, 0.25) is 5.91 Å². The lowest BCUT2D eigenvalue weighted by atomic mass is 10.1.